The van der Waals surface area contributed by atoms with Crippen LogP contribution in [0, 0.1) is 0 Å². The van der Waals surface area contributed by atoms with Crippen molar-refractivity contribution in [2.75, 3.05) is 0 Å². The molecule has 0 saturated heterocycles. The third-order valence-electron chi connectivity index (χ3n) is 2.72. The zero-order valence-corrected chi connectivity index (χ0v) is 11.1. The van der Waals surface area contributed by atoms with E-state index in [9.17, 15) is 0 Å². The fraction of sp³-hybridized carbons (Fsp3) is 0.294. The summed E-state index contributed by atoms with van der Waals surface area (Å²) in [6.45, 7) is 6.57. The minimum atomic E-state index is 0.659. The third-order valence-corrected chi connectivity index (χ3v) is 2.72. The van der Waals surface area contributed by atoms with Crippen LogP contribution in [0.4, 0.5) is 0 Å². The van der Waals surface area contributed by atoms with E-state index < -0.39 is 0 Å². The van der Waals surface area contributed by atoms with Gasteiger partial charge in [-0.25, -0.2) is 0 Å². The predicted octanol–water partition coefficient (Wildman–Crippen LogP) is 5.06. The molecule has 0 radical (unpaired) electrons. The number of hydrogen-bond acceptors (Lipinski definition) is 0. The molecule has 0 aromatic heterocycles. The average molecular weight is 226 g/mol. The maximum atomic E-state index is 2.20. The van der Waals surface area contributed by atoms with Gasteiger partial charge in [0, 0.05) is 0 Å². The Morgan fingerprint density at radius 2 is 1.24 bits per heavy atom. The summed E-state index contributed by atoms with van der Waals surface area (Å²) in [7, 11) is 0. The van der Waals surface area contributed by atoms with Gasteiger partial charge in [0.15, 0.2) is 0 Å². The second-order valence-corrected chi connectivity index (χ2v) is 4.40. The van der Waals surface area contributed by atoms with Gasteiger partial charge < -0.3 is 0 Å². The van der Waals surface area contributed by atoms with Crippen molar-refractivity contribution in [3.05, 3.63) is 71.8 Å². The Morgan fingerprint density at radius 3 is 1.53 bits per heavy atom. The highest BCUT2D eigenvalue weighted by Crippen LogP contribution is 2.11. The maximum Gasteiger partial charge on any atom is -0.0219 e. The van der Waals surface area contributed by atoms with Gasteiger partial charge in [0.05, 0.1) is 0 Å². The molecule has 0 heterocycles. The van der Waals surface area contributed by atoms with E-state index in [2.05, 4.69) is 69.3 Å². The molecule has 2 aromatic rings. The van der Waals surface area contributed by atoms with E-state index in [1.165, 1.54) is 11.1 Å². The normalized spacial score (nSPS) is 9.65. The van der Waals surface area contributed by atoms with E-state index >= 15 is 0 Å². The summed E-state index contributed by atoms with van der Waals surface area (Å²) in [5.41, 5.74) is 2.82. The minimum absolute atomic E-state index is 0.659. The first-order valence-electron chi connectivity index (χ1n) is 6.33. The second-order valence-electron chi connectivity index (χ2n) is 4.40. The number of hydrogen-bond donors (Lipinski definition) is 0. The number of rotatable bonds is 2. The molecular formula is C17H22. The summed E-state index contributed by atoms with van der Waals surface area (Å²) in [5, 5.41) is 0. The zero-order valence-electron chi connectivity index (χ0n) is 11.1. The minimum Gasteiger partial charge on any atom is -0.0622 e. The molecule has 0 N–H and O–H groups in total. The monoisotopic (exact) mass is 226 g/mol. The number of benzene rings is 2. The molecule has 0 atom stereocenters. The van der Waals surface area contributed by atoms with Crippen LogP contribution in [0.25, 0.3) is 0 Å². The van der Waals surface area contributed by atoms with Gasteiger partial charge in [0.2, 0.25) is 0 Å². The molecule has 0 aliphatic carbocycles. The van der Waals surface area contributed by atoms with Gasteiger partial charge in [-0.2, -0.15) is 0 Å². The molecule has 2 aromatic carbocycles. The highest BCUT2D eigenvalue weighted by atomic mass is 14.0. The Kier molecular flexibility index (Phi) is 6.09. The molecule has 0 saturated carbocycles. The third kappa shape index (κ3) is 5.35. The molecule has 0 unspecified atom stereocenters. The largest absolute Gasteiger partial charge is 0.0622 e. The van der Waals surface area contributed by atoms with Crippen molar-refractivity contribution in [2.45, 2.75) is 33.1 Å². The fourth-order valence-corrected chi connectivity index (χ4v) is 1.55. The van der Waals surface area contributed by atoms with Crippen LogP contribution in [0.3, 0.4) is 0 Å². The summed E-state index contributed by atoms with van der Waals surface area (Å²) >= 11 is 0. The highest BCUT2D eigenvalue weighted by Gasteiger charge is 1.93. The van der Waals surface area contributed by atoms with Crippen molar-refractivity contribution in [3.63, 3.8) is 0 Å². The van der Waals surface area contributed by atoms with Gasteiger partial charge in [-0.05, 0) is 23.5 Å². The lowest BCUT2D eigenvalue weighted by Gasteiger charge is -2.01. The van der Waals surface area contributed by atoms with E-state index in [0.717, 1.165) is 6.42 Å². The summed E-state index contributed by atoms with van der Waals surface area (Å²) in [6.07, 6.45) is 1.14. The molecule has 0 aliphatic rings. The molecule has 0 fully saturated rings. The van der Waals surface area contributed by atoms with Crippen molar-refractivity contribution in [2.24, 2.45) is 0 Å². The van der Waals surface area contributed by atoms with Crippen molar-refractivity contribution >= 4 is 0 Å². The van der Waals surface area contributed by atoms with Crippen LogP contribution in [0.5, 0.6) is 0 Å². The first-order valence-corrected chi connectivity index (χ1v) is 6.33. The Labute approximate surface area is 105 Å². The van der Waals surface area contributed by atoms with E-state index in [4.69, 9.17) is 0 Å². The Balaban J connectivity index is 0.000000171. The Hall–Kier alpha value is -1.56. The molecule has 0 amide bonds. The molecule has 0 nitrogen and oxygen atoms in total. The first kappa shape index (κ1) is 13.5. The summed E-state index contributed by atoms with van der Waals surface area (Å²) in [6, 6.07) is 21.0. The average Bonchev–Trinajstić information content (AvgIpc) is 2.41. The van der Waals surface area contributed by atoms with E-state index in [-0.39, 0.29) is 0 Å². The molecule has 0 bridgehead atoms. The first-order chi connectivity index (χ1) is 8.24. The molecule has 17 heavy (non-hydrogen) atoms. The van der Waals surface area contributed by atoms with Gasteiger partial charge in [-0.15, -0.1) is 0 Å². The lowest BCUT2D eigenvalue weighted by atomic mass is 10.0. The standard InChI is InChI=1S/C9H12.C8H10/c1-8(2)9-6-4-3-5-7-9;1-2-8-6-4-3-5-7-8/h3-8H,1-2H3;3-7H,2H2,1H3. The SMILES string of the molecule is CC(C)c1ccccc1.CCc1ccccc1. The van der Waals surface area contributed by atoms with Crippen LogP contribution in [0.1, 0.15) is 37.8 Å². The summed E-state index contributed by atoms with van der Waals surface area (Å²) < 4.78 is 0. The maximum absolute atomic E-state index is 2.20. The van der Waals surface area contributed by atoms with Crippen molar-refractivity contribution in [1.82, 2.24) is 0 Å². The second kappa shape index (κ2) is 7.67. The summed E-state index contributed by atoms with van der Waals surface area (Å²) in [4.78, 5) is 0. The lowest BCUT2D eigenvalue weighted by Crippen LogP contribution is -1.83. The Bertz CT molecular complexity index is 387. The van der Waals surface area contributed by atoms with Crippen LogP contribution in [-0.4, -0.2) is 0 Å². The van der Waals surface area contributed by atoms with Gasteiger partial charge in [0.25, 0.3) is 0 Å². The van der Waals surface area contributed by atoms with Crippen LogP contribution in [0.15, 0.2) is 60.7 Å². The number of aryl methyl sites for hydroxylation is 1. The van der Waals surface area contributed by atoms with Gasteiger partial charge in [-0.3, -0.25) is 0 Å². The van der Waals surface area contributed by atoms with Gasteiger partial charge in [-0.1, -0.05) is 81.4 Å². The van der Waals surface area contributed by atoms with Crippen LogP contribution in [-0.2, 0) is 6.42 Å². The molecule has 0 spiro atoms. The van der Waals surface area contributed by atoms with Crippen LogP contribution < -0.4 is 0 Å². The molecule has 0 heteroatoms. The van der Waals surface area contributed by atoms with Crippen molar-refractivity contribution < 1.29 is 0 Å². The van der Waals surface area contributed by atoms with Crippen molar-refractivity contribution in [3.8, 4) is 0 Å². The molecule has 90 valence electrons. The predicted molar refractivity (Wildman–Crippen MR) is 76.4 cm³/mol. The van der Waals surface area contributed by atoms with E-state index in [0.29, 0.717) is 5.92 Å². The van der Waals surface area contributed by atoms with E-state index in [1.54, 1.807) is 0 Å². The van der Waals surface area contributed by atoms with E-state index in [1.807, 2.05) is 12.1 Å². The Morgan fingerprint density at radius 1 is 0.765 bits per heavy atom. The molecular weight excluding hydrogens is 204 g/mol. The smallest absolute Gasteiger partial charge is 0.0219 e. The fourth-order valence-electron chi connectivity index (χ4n) is 1.55. The zero-order chi connectivity index (χ0) is 12.5. The van der Waals surface area contributed by atoms with Crippen molar-refractivity contribution in [1.29, 1.82) is 0 Å². The van der Waals surface area contributed by atoms with Gasteiger partial charge in [0.1, 0.15) is 0 Å². The van der Waals surface area contributed by atoms with Crippen LogP contribution >= 0.6 is 0 Å². The summed E-state index contributed by atoms with van der Waals surface area (Å²) in [5.74, 6) is 0.659. The lowest BCUT2D eigenvalue weighted by molar-refractivity contribution is 0.867. The molecule has 0 aliphatic heterocycles. The quantitative estimate of drug-likeness (QED) is 0.671. The van der Waals surface area contributed by atoms with Crippen LogP contribution in [0.2, 0.25) is 0 Å². The highest BCUT2D eigenvalue weighted by molar-refractivity contribution is 5.17. The molecule has 2 rings (SSSR count). The topological polar surface area (TPSA) is 0 Å². The van der Waals surface area contributed by atoms with Gasteiger partial charge >= 0.3 is 0 Å².